The number of carbonyl (C=O) groups excluding carboxylic acids is 1. The Balaban J connectivity index is 1.80. The second-order valence-electron chi connectivity index (χ2n) is 6.05. The van der Waals surface area contributed by atoms with Gasteiger partial charge in [-0.3, -0.25) is 14.6 Å². The topological polar surface area (TPSA) is 44.8 Å². The van der Waals surface area contributed by atoms with E-state index in [1.807, 2.05) is 9.80 Å². The number of halogens is 3. The number of ether oxygens (including phenoxy) is 1. The van der Waals surface area contributed by atoms with Gasteiger partial charge in [0.15, 0.2) is 0 Å². The molecular formula is C17H24F3N3O2. The van der Waals surface area contributed by atoms with E-state index in [0.717, 1.165) is 6.07 Å². The molecule has 1 aromatic rings. The van der Waals surface area contributed by atoms with Gasteiger partial charge >= 0.3 is 6.18 Å². The molecular weight excluding hydrogens is 335 g/mol. The Labute approximate surface area is 145 Å². The van der Waals surface area contributed by atoms with Crippen molar-refractivity contribution < 1.29 is 22.7 Å². The molecule has 1 fully saturated rings. The van der Waals surface area contributed by atoms with Crippen LogP contribution in [0.5, 0.6) is 0 Å². The summed E-state index contributed by atoms with van der Waals surface area (Å²) >= 11 is 0. The van der Waals surface area contributed by atoms with Crippen molar-refractivity contribution in [1.82, 2.24) is 15.1 Å². The zero-order chi connectivity index (χ0) is 18.3. The summed E-state index contributed by atoms with van der Waals surface area (Å²) in [7, 11) is 1.57. The van der Waals surface area contributed by atoms with Gasteiger partial charge in [0.1, 0.15) is 0 Å². The predicted octanol–water partition coefficient (Wildman–Crippen LogP) is 1.59. The first-order valence-electron chi connectivity index (χ1n) is 8.25. The van der Waals surface area contributed by atoms with E-state index in [9.17, 15) is 18.0 Å². The van der Waals surface area contributed by atoms with Gasteiger partial charge in [-0.1, -0.05) is 18.2 Å². The maximum atomic E-state index is 13.1. The predicted molar refractivity (Wildman–Crippen MR) is 88.0 cm³/mol. The molecule has 0 bridgehead atoms. The van der Waals surface area contributed by atoms with Crippen molar-refractivity contribution >= 4 is 5.91 Å². The number of benzene rings is 1. The van der Waals surface area contributed by atoms with Gasteiger partial charge in [0, 0.05) is 46.4 Å². The number of carbonyl (C=O) groups is 1. The number of methoxy groups -OCH3 is 1. The minimum absolute atomic E-state index is 0.0621. The van der Waals surface area contributed by atoms with E-state index in [4.69, 9.17) is 4.74 Å². The Kier molecular flexibility index (Phi) is 7.22. The zero-order valence-electron chi connectivity index (χ0n) is 14.3. The molecule has 1 N–H and O–H groups in total. The van der Waals surface area contributed by atoms with Gasteiger partial charge in [0.05, 0.1) is 18.7 Å². The maximum Gasteiger partial charge on any atom is 0.416 e. The quantitative estimate of drug-likeness (QED) is 0.751. The van der Waals surface area contributed by atoms with Gasteiger partial charge in [-0.15, -0.1) is 0 Å². The summed E-state index contributed by atoms with van der Waals surface area (Å²) < 4.78 is 44.0. The minimum atomic E-state index is -4.33. The number of hydrogen-bond donors (Lipinski definition) is 1. The van der Waals surface area contributed by atoms with Crippen molar-refractivity contribution in [2.75, 3.05) is 53.0 Å². The Morgan fingerprint density at radius 2 is 1.80 bits per heavy atom. The van der Waals surface area contributed by atoms with Crippen LogP contribution in [0, 0.1) is 0 Å². The lowest BCUT2D eigenvalue weighted by atomic mass is 10.1. The van der Waals surface area contributed by atoms with Crippen LogP contribution in [0.25, 0.3) is 0 Å². The Bertz CT molecular complexity index is 558. The van der Waals surface area contributed by atoms with E-state index < -0.39 is 11.7 Å². The highest BCUT2D eigenvalue weighted by Gasteiger charge is 2.33. The van der Waals surface area contributed by atoms with Crippen molar-refractivity contribution in [3.05, 3.63) is 35.4 Å². The summed E-state index contributed by atoms with van der Waals surface area (Å²) in [6, 6.07) is 5.69. The molecule has 0 spiro atoms. The highest BCUT2D eigenvalue weighted by molar-refractivity contribution is 5.78. The molecule has 5 nitrogen and oxygen atoms in total. The van der Waals surface area contributed by atoms with E-state index >= 15 is 0 Å². The Morgan fingerprint density at radius 3 is 2.44 bits per heavy atom. The summed E-state index contributed by atoms with van der Waals surface area (Å²) in [6.45, 7) is 4.11. The monoisotopic (exact) mass is 359 g/mol. The smallest absolute Gasteiger partial charge is 0.383 e. The fourth-order valence-corrected chi connectivity index (χ4v) is 2.83. The van der Waals surface area contributed by atoms with Crippen molar-refractivity contribution in [2.24, 2.45) is 0 Å². The molecule has 0 saturated carbocycles. The normalized spacial score (nSPS) is 16.8. The lowest BCUT2D eigenvalue weighted by Crippen LogP contribution is -2.49. The number of nitrogens with zero attached hydrogens (tertiary/aromatic N) is 2. The van der Waals surface area contributed by atoms with Crippen molar-refractivity contribution in [2.45, 2.75) is 12.7 Å². The van der Waals surface area contributed by atoms with Crippen LogP contribution in [-0.4, -0.2) is 68.7 Å². The van der Waals surface area contributed by atoms with Crippen LogP contribution in [0.3, 0.4) is 0 Å². The van der Waals surface area contributed by atoms with E-state index in [-0.39, 0.29) is 12.5 Å². The van der Waals surface area contributed by atoms with Gasteiger partial charge < -0.3 is 10.1 Å². The highest BCUT2D eigenvalue weighted by Crippen LogP contribution is 2.32. The fraction of sp³-hybridized carbons (Fsp3) is 0.588. The molecule has 0 radical (unpaired) electrons. The first-order valence-corrected chi connectivity index (χ1v) is 8.25. The second kappa shape index (κ2) is 9.17. The summed E-state index contributed by atoms with van der Waals surface area (Å²) in [5, 5.41) is 2.76. The number of rotatable bonds is 7. The maximum absolute atomic E-state index is 13.1. The van der Waals surface area contributed by atoms with Gasteiger partial charge in [-0.05, 0) is 11.6 Å². The van der Waals surface area contributed by atoms with Crippen LogP contribution in [0.4, 0.5) is 13.2 Å². The molecule has 1 heterocycles. The molecule has 1 aromatic carbocycles. The minimum Gasteiger partial charge on any atom is -0.383 e. The van der Waals surface area contributed by atoms with Gasteiger partial charge in [-0.2, -0.15) is 13.2 Å². The molecule has 1 aliphatic rings. The lowest BCUT2D eigenvalue weighted by Gasteiger charge is -2.34. The first kappa shape index (κ1) is 19.7. The fourth-order valence-electron chi connectivity index (χ4n) is 2.83. The third-order valence-corrected chi connectivity index (χ3v) is 4.18. The van der Waals surface area contributed by atoms with Crippen LogP contribution in [0.2, 0.25) is 0 Å². The molecule has 8 heteroatoms. The zero-order valence-corrected chi connectivity index (χ0v) is 14.3. The molecule has 2 rings (SSSR count). The summed E-state index contributed by atoms with van der Waals surface area (Å²) in [5.74, 6) is -0.0621. The number of hydrogen-bond acceptors (Lipinski definition) is 4. The lowest BCUT2D eigenvalue weighted by molar-refractivity contribution is -0.138. The standard InChI is InChI=1S/C17H24F3N3O2/c1-25-11-6-21-16(24)13-23-9-7-22(8-10-23)12-14-4-2-3-5-15(14)17(18,19)20/h2-5H,6-13H2,1H3,(H,21,24). The highest BCUT2D eigenvalue weighted by atomic mass is 19.4. The molecule has 0 aromatic heterocycles. The van der Waals surface area contributed by atoms with Crippen LogP contribution >= 0.6 is 0 Å². The van der Waals surface area contributed by atoms with E-state index in [1.54, 1.807) is 13.2 Å². The van der Waals surface area contributed by atoms with Crippen molar-refractivity contribution in [1.29, 1.82) is 0 Å². The number of amides is 1. The average molecular weight is 359 g/mol. The number of alkyl halides is 3. The van der Waals surface area contributed by atoms with E-state index in [0.29, 0.717) is 51.4 Å². The SMILES string of the molecule is COCCNC(=O)CN1CCN(Cc2ccccc2C(F)(F)F)CC1. The molecule has 1 aliphatic heterocycles. The molecule has 25 heavy (non-hydrogen) atoms. The molecule has 0 aliphatic carbocycles. The van der Waals surface area contributed by atoms with E-state index in [1.165, 1.54) is 12.1 Å². The van der Waals surface area contributed by atoms with Crippen LogP contribution in [0.1, 0.15) is 11.1 Å². The van der Waals surface area contributed by atoms with Gasteiger partial charge in [0.2, 0.25) is 5.91 Å². The molecule has 1 amide bonds. The molecule has 0 atom stereocenters. The largest absolute Gasteiger partial charge is 0.416 e. The number of piperazine rings is 1. The van der Waals surface area contributed by atoms with Crippen molar-refractivity contribution in [3.8, 4) is 0 Å². The number of nitrogens with one attached hydrogen (secondary N) is 1. The summed E-state index contributed by atoms with van der Waals surface area (Å²) in [5.41, 5.74) is -0.282. The van der Waals surface area contributed by atoms with Crippen LogP contribution < -0.4 is 5.32 Å². The van der Waals surface area contributed by atoms with Gasteiger partial charge in [0.25, 0.3) is 0 Å². The summed E-state index contributed by atoms with van der Waals surface area (Å²) in [6.07, 6.45) is -4.33. The molecule has 0 unspecified atom stereocenters. The Hall–Kier alpha value is -1.64. The van der Waals surface area contributed by atoms with Crippen LogP contribution in [0.15, 0.2) is 24.3 Å². The average Bonchev–Trinajstić information content (AvgIpc) is 2.56. The van der Waals surface area contributed by atoms with Gasteiger partial charge in [-0.25, -0.2) is 0 Å². The third-order valence-electron chi connectivity index (χ3n) is 4.18. The van der Waals surface area contributed by atoms with E-state index in [2.05, 4.69) is 5.32 Å². The third kappa shape index (κ3) is 6.30. The Morgan fingerprint density at radius 1 is 1.16 bits per heavy atom. The molecule has 1 saturated heterocycles. The molecule has 140 valence electrons. The van der Waals surface area contributed by atoms with Crippen molar-refractivity contribution in [3.63, 3.8) is 0 Å². The van der Waals surface area contributed by atoms with Crippen LogP contribution in [-0.2, 0) is 22.3 Å². The second-order valence-corrected chi connectivity index (χ2v) is 6.05. The first-order chi connectivity index (χ1) is 11.9. The summed E-state index contributed by atoms with van der Waals surface area (Å²) in [4.78, 5) is 15.8.